The Morgan fingerprint density at radius 2 is 1.85 bits per heavy atom. The second-order valence-electron chi connectivity index (χ2n) is 8.69. The van der Waals surface area contributed by atoms with Gasteiger partial charge in [0, 0.05) is 30.9 Å². The first-order chi connectivity index (χ1) is 15.5. The van der Waals surface area contributed by atoms with E-state index in [4.69, 9.17) is 14.9 Å². The Morgan fingerprint density at radius 1 is 1.18 bits per heavy atom. The third kappa shape index (κ3) is 4.87. The number of aryl methyl sites for hydroxylation is 1. The smallest absolute Gasteiger partial charge is 0.259 e. The van der Waals surface area contributed by atoms with Crippen molar-refractivity contribution in [1.29, 1.82) is 0 Å². The molecule has 9 nitrogen and oxygen atoms in total. The van der Waals surface area contributed by atoms with E-state index in [-0.39, 0.29) is 28.7 Å². The van der Waals surface area contributed by atoms with Crippen molar-refractivity contribution in [3.63, 3.8) is 0 Å². The van der Waals surface area contributed by atoms with Gasteiger partial charge in [-0.2, -0.15) is 0 Å². The van der Waals surface area contributed by atoms with Gasteiger partial charge in [0.25, 0.3) is 5.56 Å². The van der Waals surface area contributed by atoms with Gasteiger partial charge in [-0.05, 0) is 51.5 Å². The van der Waals surface area contributed by atoms with Crippen molar-refractivity contribution in [3.8, 4) is 0 Å². The van der Waals surface area contributed by atoms with E-state index in [9.17, 15) is 13.2 Å². The van der Waals surface area contributed by atoms with Gasteiger partial charge in [0.15, 0.2) is 0 Å². The molecule has 0 spiro atoms. The number of fused-ring (bicyclic) bond motifs is 1. The van der Waals surface area contributed by atoms with Crippen LogP contribution in [0.5, 0.6) is 0 Å². The molecule has 3 heterocycles. The summed E-state index contributed by atoms with van der Waals surface area (Å²) in [5, 5.41) is 8.63. The molecule has 1 aliphatic heterocycles. The summed E-state index contributed by atoms with van der Waals surface area (Å²) in [7, 11) is -3.90. The molecule has 3 N–H and O–H groups in total. The van der Waals surface area contributed by atoms with E-state index < -0.39 is 10.0 Å². The maximum atomic E-state index is 13.0. The number of aromatic nitrogens is 2. The number of hydrogen-bond donors (Lipinski definition) is 2. The minimum absolute atomic E-state index is 0.0101. The Bertz CT molecular complexity index is 1340. The minimum atomic E-state index is -3.90. The number of hydrogen-bond acceptors (Lipinski definition) is 7. The van der Waals surface area contributed by atoms with Gasteiger partial charge in [0.2, 0.25) is 10.0 Å². The van der Waals surface area contributed by atoms with Gasteiger partial charge in [0.1, 0.15) is 16.4 Å². The Balaban J connectivity index is 1.79. The van der Waals surface area contributed by atoms with Crippen LogP contribution in [0.25, 0.3) is 5.65 Å². The van der Waals surface area contributed by atoms with Crippen LogP contribution in [0.15, 0.2) is 52.3 Å². The maximum absolute atomic E-state index is 13.0. The lowest BCUT2D eigenvalue weighted by molar-refractivity contribution is -0.00546. The third-order valence-corrected chi connectivity index (χ3v) is 6.66. The highest BCUT2D eigenvalue weighted by Crippen LogP contribution is 2.28. The lowest BCUT2D eigenvalue weighted by atomic mass is 10.1. The van der Waals surface area contributed by atoms with Crippen LogP contribution in [0, 0.1) is 6.92 Å². The van der Waals surface area contributed by atoms with E-state index in [0.717, 1.165) is 11.1 Å². The summed E-state index contributed by atoms with van der Waals surface area (Å²) >= 11 is 0. The molecular weight excluding hydrogens is 442 g/mol. The first kappa shape index (κ1) is 23.2. The first-order valence-electron chi connectivity index (χ1n) is 10.9. The monoisotopic (exact) mass is 471 g/mol. The van der Waals surface area contributed by atoms with Gasteiger partial charge < -0.3 is 15.0 Å². The van der Waals surface area contributed by atoms with Crippen LogP contribution in [0.4, 0.5) is 11.5 Å². The van der Waals surface area contributed by atoms with Crippen molar-refractivity contribution in [3.05, 3.63) is 64.1 Å². The molecule has 0 aliphatic carbocycles. The molecule has 1 aliphatic rings. The quantitative estimate of drug-likeness (QED) is 0.587. The lowest BCUT2D eigenvalue weighted by Gasteiger charge is -2.36. The fourth-order valence-corrected chi connectivity index (χ4v) is 5.05. The van der Waals surface area contributed by atoms with E-state index >= 15 is 0 Å². The summed E-state index contributed by atoms with van der Waals surface area (Å²) in [6.07, 6.45) is 1.82. The molecule has 4 rings (SSSR count). The largest absolute Gasteiger partial charge is 0.377 e. The van der Waals surface area contributed by atoms with Crippen LogP contribution in [0.2, 0.25) is 0 Å². The van der Waals surface area contributed by atoms with Crippen LogP contribution in [0.3, 0.4) is 0 Å². The van der Waals surface area contributed by atoms with Crippen molar-refractivity contribution in [2.75, 3.05) is 23.3 Å². The van der Waals surface area contributed by atoms with Crippen molar-refractivity contribution >= 4 is 27.2 Å². The molecule has 0 saturated carbocycles. The first-order valence-corrected chi connectivity index (χ1v) is 12.4. The molecule has 1 aromatic carbocycles. The molecule has 1 saturated heterocycles. The molecule has 176 valence electrons. The number of ether oxygens (including phenoxy) is 1. The standard InChI is InChI=1S/C23H29N5O4S/c1-14-9-18(17(4)25-19-7-5-6-8-20(19)33(24,30)31)23-26-21(10-22(29)28(23)11-14)27-12-15(2)32-16(3)13-27/h5-11,15-17,25H,12-13H2,1-4H3,(H2,24,30,31)/t15-,16+,17-/m0/s1. The summed E-state index contributed by atoms with van der Waals surface area (Å²) in [6, 6.07) is 9.63. The van der Waals surface area contributed by atoms with Gasteiger partial charge >= 0.3 is 0 Å². The average Bonchev–Trinajstić information content (AvgIpc) is 2.72. The van der Waals surface area contributed by atoms with Crippen molar-refractivity contribution in [2.45, 2.75) is 50.8 Å². The van der Waals surface area contributed by atoms with Gasteiger partial charge in [-0.25, -0.2) is 18.5 Å². The average molecular weight is 472 g/mol. The highest BCUT2D eigenvalue weighted by Gasteiger charge is 2.25. The van der Waals surface area contributed by atoms with Crippen LogP contribution in [0.1, 0.15) is 37.9 Å². The Morgan fingerprint density at radius 3 is 2.52 bits per heavy atom. The molecule has 33 heavy (non-hydrogen) atoms. The number of nitrogens with one attached hydrogen (secondary N) is 1. The minimum Gasteiger partial charge on any atom is -0.377 e. The second-order valence-corrected chi connectivity index (χ2v) is 10.2. The summed E-state index contributed by atoms with van der Waals surface area (Å²) < 4.78 is 31.4. The number of primary sulfonamides is 1. The van der Waals surface area contributed by atoms with Gasteiger partial charge in [-0.15, -0.1) is 0 Å². The number of rotatable bonds is 5. The zero-order valence-electron chi connectivity index (χ0n) is 19.1. The molecule has 3 atom stereocenters. The molecule has 0 radical (unpaired) electrons. The zero-order valence-corrected chi connectivity index (χ0v) is 20.0. The number of anilines is 2. The molecule has 1 fully saturated rings. The van der Waals surface area contributed by atoms with Crippen LogP contribution in [-0.4, -0.2) is 43.1 Å². The summed E-state index contributed by atoms with van der Waals surface area (Å²) in [4.78, 5) is 20.0. The number of benzene rings is 1. The lowest BCUT2D eigenvalue weighted by Crippen LogP contribution is -2.46. The molecular formula is C23H29N5O4S. The van der Waals surface area contributed by atoms with Crippen molar-refractivity contribution < 1.29 is 13.2 Å². The predicted molar refractivity (Wildman–Crippen MR) is 128 cm³/mol. The summed E-state index contributed by atoms with van der Waals surface area (Å²) in [5.41, 5.74) is 2.39. The Labute approximate surface area is 193 Å². The molecule has 0 bridgehead atoms. The van der Waals surface area contributed by atoms with Crippen molar-refractivity contribution in [2.24, 2.45) is 5.14 Å². The Hall–Kier alpha value is -2.95. The Kier molecular flexibility index (Phi) is 6.17. The molecule has 10 heteroatoms. The highest BCUT2D eigenvalue weighted by atomic mass is 32.2. The molecule has 0 unspecified atom stereocenters. The van der Waals surface area contributed by atoms with Gasteiger partial charge in [-0.3, -0.25) is 9.20 Å². The van der Waals surface area contributed by atoms with Crippen LogP contribution >= 0.6 is 0 Å². The zero-order chi connectivity index (χ0) is 23.9. The number of sulfonamides is 1. The number of nitrogens with two attached hydrogens (primary N) is 1. The maximum Gasteiger partial charge on any atom is 0.259 e. The SMILES string of the molecule is Cc1cc([C@H](C)Nc2ccccc2S(N)(=O)=O)c2nc(N3C[C@@H](C)O[C@@H](C)C3)cc(=O)n2c1. The topological polar surface area (TPSA) is 119 Å². The second kappa shape index (κ2) is 8.77. The third-order valence-electron chi connectivity index (χ3n) is 5.69. The van der Waals surface area contributed by atoms with E-state index in [1.807, 2.05) is 33.8 Å². The fourth-order valence-electron chi connectivity index (χ4n) is 4.35. The number of pyridine rings is 1. The number of morpholine rings is 1. The molecule has 0 amide bonds. The highest BCUT2D eigenvalue weighted by molar-refractivity contribution is 7.89. The van der Waals surface area contributed by atoms with E-state index in [0.29, 0.717) is 30.2 Å². The van der Waals surface area contributed by atoms with Crippen molar-refractivity contribution in [1.82, 2.24) is 9.38 Å². The fraction of sp³-hybridized carbons (Fsp3) is 0.391. The van der Waals surface area contributed by atoms with Gasteiger partial charge in [0.05, 0.1) is 23.9 Å². The van der Waals surface area contributed by atoms with Crippen LogP contribution in [-0.2, 0) is 14.8 Å². The van der Waals surface area contributed by atoms with Crippen LogP contribution < -0.4 is 20.9 Å². The number of para-hydroxylation sites is 1. The van der Waals surface area contributed by atoms with E-state index in [2.05, 4.69) is 10.2 Å². The predicted octanol–water partition coefficient (Wildman–Crippen LogP) is 2.44. The van der Waals surface area contributed by atoms with Gasteiger partial charge in [-0.1, -0.05) is 12.1 Å². The molecule has 3 aromatic rings. The van der Waals surface area contributed by atoms with E-state index in [1.54, 1.807) is 30.5 Å². The number of nitrogens with zero attached hydrogens (tertiary/aromatic N) is 3. The summed E-state index contributed by atoms with van der Waals surface area (Å²) in [5.74, 6) is 0.601. The van der Waals surface area contributed by atoms with E-state index in [1.165, 1.54) is 10.5 Å². The summed E-state index contributed by atoms with van der Waals surface area (Å²) in [6.45, 7) is 9.08. The normalized spacial score (nSPS) is 20.1. The molecule has 2 aromatic heterocycles.